The zero-order valence-corrected chi connectivity index (χ0v) is 18.9. The summed E-state index contributed by atoms with van der Waals surface area (Å²) in [6.07, 6.45) is 5.75. The molecule has 30 heavy (non-hydrogen) atoms. The number of hydrogen-bond acceptors (Lipinski definition) is 5. The van der Waals surface area contributed by atoms with Crippen molar-refractivity contribution >= 4 is 35.2 Å². The SMILES string of the molecule is CCn1c(SCC(=O)NC2CCCCC2)nnc1[C@H](C)NC(=O)c1ccccc1Cl. The summed E-state index contributed by atoms with van der Waals surface area (Å²) in [5.41, 5.74) is 0.419. The summed E-state index contributed by atoms with van der Waals surface area (Å²) in [5, 5.41) is 15.6. The van der Waals surface area contributed by atoms with E-state index in [1.807, 2.05) is 18.4 Å². The van der Waals surface area contributed by atoms with Crippen molar-refractivity contribution < 1.29 is 9.59 Å². The molecule has 1 aliphatic carbocycles. The van der Waals surface area contributed by atoms with Gasteiger partial charge in [-0.15, -0.1) is 10.2 Å². The van der Waals surface area contributed by atoms with Gasteiger partial charge in [-0.3, -0.25) is 9.59 Å². The predicted octanol–water partition coefficient (Wildman–Crippen LogP) is 3.98. The molecule has 0 aliphatic heterocycles. The lowest BCUT2D eigenvalue weighted by atomic mass is 9.95. The fourth-order valence-corrected chi connectivity index (χ4v) is 4.70. The van der Waals surface area contributed by atoms with Crippen molar-refractivity contribution in [3.8, 4) is 0 Å². The number of aromatic nitrogens is 3. The molecule has 1 aromatic carbocycles. The average Bonchev–Trinajstić information content (AvgIpc) is 3.16. The summed E-state index contributed by atoms with van der Waals surface area (Å²) < 4.78 is 1.93. The number of thioether (sulfide) groups is 1. The number of carbonyl (C=O) groups excluding carboxylic acids is 2. The number of nitrogens with one attached hydrogen (secondary N) is 2. The summed E-state index contributed by atoms with van der Waals surface area (Å²) in [7, 11) is 0. The Morgan fingerprint density at radius 1 is 1.23 bits per heavy atom. The third-order valence-electron chi connectivity index (χ3n) is 5.22. The van der Waals surface area contributed by atoms with E-state index < -0.39 is 0 Å². The molecule has 1 fully saturated rings. The van der Waals surface area contributed by atoms with E-state index in [0.717, 1.165) is 12.8 Å². The summed E-state index contributed by atoms with van der Waals surface area (Å²) in [6, 6.07) is 6.86. The number of halogens is 1. The first-order valence-corrected chi connectivity index (χ1v) is 11.8. The van der Waals surface area contributed by atoms with Crippen LogP contribution in [-0.2, 0) is 11.3 Å². The molecule has 0 spiro atoms. The molecule has 0 bridgehead atoms. The van der Waals surface area contributed by atoms with Gasteiger partial charge in [0.15, 0.2) is 11.0 Å². The molecule has 1 aromatic heterocycles. The maximum atomic E-state index is 12.5. The zero-order chi connectivity index (χ0) is 21.5. The van der Waals surface area contributed by atoms with Gasteiger partial charge in [-0.2, -0.15) is 0 Å². The molecule has 1 saturated carbocycles. The fraction of sp³-hybridized carbons (Fsp3) is 0.524. The molecule has 162 valence electrons. The molecule has 3 rings (SSSR count). The molecular formula is C21H28ClN5O2S. The molecule has 1 heterocycles. The Balaban J connectivity index is 1.59. The van der Waals surface area contributed by atoms with Crippen LogP contribution in [-0.4, -0.2) is 38.4 Å². The van der Waals surface area contributed by atoms with Gasteiger partial charge in [0, 0.05) is 12.6 Å². The minimum absolute atomic E-state index is 0.0270. The van der Waals surface area contributed by atoms with E-state index in [2.05, 4.69) is 20.8 Å². The lowest BCUT2D eigenvalue weighted by Gasteiger charge is -2.22. The van der Waals surface area contributed by atoms with Gasteiger partial charge in [-0.1, -0.05) is 54.8 Å². The molecule has 7 nitrogen and oxygen atoms in total. The maximum Gasteiger partial charge on any atom is 0.253 e. The topological polar surface area (TPSA) is 88.9 Å². The molecule has 0 unspecified atom stereocenters. The van der Waals surface area contributed by atoms with Crippen LogP contribution in [0.25, 0.3) is 0 Å². The Kier molecular flexibility index (Phi) is 8.16. The molecule has 0 radical (unpaired) electrons. The zero-order valence-electron chi connectivity index (χ0n) is 17.4. The van der Waals surface area contributed by atoms with Crippen molar-refractivity contribution in [2.75, 3.05) is 5.75 Å². The van der Waals surface area contributed by atoms with Crippen LogP contribution in [0.2, 0.25) is 5.02 Å². The third-order valence-corrected chi connectivity index (χ3v) is 6.51. The van der Waals surface area contributed by atoms with Crippen molar-refractivity contribution in [1.82, 2.24) is 25.4 Å². The highest BCUT2D eigenvalue weighted by Crippen LogP contribution is 2.22. The second-order valence-electron chi connectivity index (χ2n) is 7.45. The van der Waals surface area contributed by atoms with Gasteiger partial charge in [0.2, 0.25) is 5.91 Å². The van der Waals surface area contributed by atoms with E-state index in [1.165, 1.54) is 31.0 Å². The molecule has 9 heteroatoms. The van der Waals surface area contributed by atoms with Crippen LogP contribution in [0.1, 0.15) is 68.2 Å². The minimum atomic E-state index is -0.355. The van der Waals surface area contributed by atoms with E-state index >= 15 is 0 Å². The summed E-state index contributed by atoms with van der Waals surface area (Å²) in [6.45, 7) is 4.48. The van der Waals surface area contributed by atoms with Crippen molar-refractivity contribution in [3.63, 3.8) is 0 Å². The summed E-state index contributed by atoms with van der Waals surface area (Å²) >= 11 is 7.48. The number of carbonyl (C=O) groups is 2. The highest BCUT2D eigenvalue weighted by atomic mass is 35.5. The largest absolute Gasteiger partial charge is 0.353 e. The van der Waals surface area contributed by atoms with E-state index in [0.29, 0.717) is 39.9 Å². The molecular weight excluding hydrogens is 422 g/mol. The smallest absolute Gasteiger partial charge is 0.253 e. The quantitative estimate of drug-likeness (QED) is 0.595. The first-order chi connectivity index (χ1) is 14.5. The Hall–Kier alpha value is -2.06. The highest BCUT2D eigenvalue weighted by Gasteiger charge is 2.21. The van der Waals surface area contributed by atoms with Crippen LogP contribution in [0.4, 0.5) is 0 Å². The van der Waals surface area contributed by atoms with Gasteiger partial charge in [0.25, 0.3) is 5.91 Å². The van der Waals surface area contributed by atoms with Crippen molar-refractivity contribution in [2.24, 2.45) is 0 Å². The van der Waals surface area contributed by atoms with E-state index in [1.54, 1.807) is 24.3 Å². The van der Waals surface area contributed by atoms with Gasteiger partial charge < -0.3 is 15.2 Å². The maximum absolute atomic E-state index is 12.5. The Morgan fingerprint density at radius 2 is 1.97 bits per heavy atom. The number of rotatable bonds is 8. The Bertz CT molecular complexity index is 882. The fourth-order valence-electron chi connectivity index (χ4n) is 3.66. The second-order valence-corrected chi connectivity index (χ2v) is 8.80. The Labute approximate surface area is 186 Å². The molecule has 2 amide bonds. The monoisotopic (exact) mass is 449 g/mol. The van der Waals surface area contributed by atoms with Gasteiger partial charge in [0.1, 0.15) is 0 Å². The first-order valence-electron chi connectivity index (χ1n) is 10.4. The summed E-state index contributed by atoms with van der Waals surface area (Å²) in [4.78, 5) is 24.8. The highest BCUT2D eigenvalue weighted by molar-refractivity contribution is 7.99. The normalized spacial score (nSPS) is 15.6. The Morgan fingerprint density at radius 3 is 2.67 bits per heavy atom. The standard InChI is InChI=1S/C21H28ClN5O2S/c1-3-27-19(14(2)23-20(29)16-11-7-8-12-17(16)22)25-26-21(27)30-13-18(28)24-15-9-5-4-6-10-15/h7-8,11-12,14-15H,3-6,9-10,13H2,1-2H3,(H,23,29)(H,24,28)/t14-/m0/s1. The third kappa shape index (κ3) is 5.76. The predicted molar refractivity (Wildman–Crippen MR) is 119 cm³/mol. The van der Waals surface area contributed by atoms with Crippen LogP contribution in [0.3, 0.4) is 0 Å². The molecule has 1 atom stereocenters. The minimum Gasteiger partial charge on any atom is -0.353 e. The number of benzene rings is 1. The van der Waals surface area contributed by atoms with Crippen molar-refractivity contribution in [3.05, 3.63) is 40.7 Å². The van der Waals surface area contributed by atoms with Crippen LogP contribution in [0.15, 0.2) is 29.4 Å². The first kappa shape index (κ1) is 22.6. The second kappa shape index (κ2) is 10.8. The van der Waals surface area contributed by atoms with Crippen molar-refractivity contribution in [2.45, 2.75) is 69.7 Å². The van der Waals surface area contributed by atoms with E-state index in [4.69, 9.17) is 11.6 Å². The molecule has 0 saturated heterocycles. The van der Waals surface area contributed by atoms with Crippen LogP contribution in [0, 0.1) is 0 Å². The van der Waals surface area contributed by atoms with Gasteiger partial charge >= 0.3 is 0 Å². The number of nitrogens with zero attached hydrogens (tertiary/aromatic N) is 3. The average molecular weight is 450 g/mol. The molecule has 2 N–H and O–H groups in total. The van der Waals surface area contributed by atoms with Gasteiger partial charge in [0.05, 0.1) is 22.4 Å². The van der Waals surface area contributed by atoms with Crippen LogP contribution in [0.5, 0.6) is 0 Å². The molecule has 2 aromatic rings. The number of amides is 2. The molecule has 1 aliphatic rings. The van der Waals surface area contributed by atoms with E-state index in [9.17, 15) is 9.59 Å². The van der Waals surface area contributed by atoms with Crippen LogP contribution < -0.4 is 10.6 Å². The lowest BCUT2D eigenvalue weighted by molar-refractivity contribution is -0.119. The van der Waals surface area contributed by atoms with E-state index in [-0.39, 0.29) is 17.9 Å². The summed E-state index contributed by atoms with van der Waals surface area (Å²) in [5.74, 6) is 0.710. The van der Waals surface area contributed by atoms with Crippen molar-refractivity contribution in [1.29, 1.82) is 0 Å². The van der Waals surface area contributed by atoms with Crippen LogP contribution >= 0.6 is 23.4 Å². The lowest BCUT2D eigenvalue weighted by Crippen LogP contribution is -2.37. The van der Waals surface area contributed by atoms with Gasteiger partial charge in [-0.25, -0.2) is 0 Å². The number of hydrogen-bond donors (Lipinski definition) is 2. The van der Waals surface area contributed by atoms with Gasteiger partial charge in [-0.05, 0) is 38.8 Å².